The summed E-state index contributed by atoms with van der Waals surface area (Å²) in [5.41, 5.74) is 3.70. The number of aryl methyl sites for hydroxylation is 2. The van der Waals surface area contributed by atoms with Gasteiger partial charge in [-0.25, -0.2) is 4.79 Å². The minimum absolute atomic E-state index is 0.0163. The minimum atomic E-state index is -0.401. The lowest BCUT2D eigenvalue weighted by molar-refractivity contribution is 0.101. The molecule has 0 aliphatic rings. The first-order chi connectivity index (χ1) is 11.4. The number of Topliss-reactive ketones (excluding diaryl/α,β-unsaturated/α-hetero) is 1. The van der Waals surface area contributed by atoms with E-state index in [1.807, 2.05) is 26.0 Å². The summed E-state index contributed by atoms with van der Waals surface area (Å²) in [5.74, 6) is 0.574. The van der Waals surface area contributed by atoms with E-state index in [0.29, 0.717) is 16.9 Å². The lowest BCUT2D eigenvalue weighted by atomic mass is 10.0. The maximum Gasteiger partial charge on any atom is 0.336 e. The second kappa shape index (κ2) is 6.32. The van der Waals surface area contributed by atoms with E-state index >= 15 is 0 Å². The Labute approximate surface area is 139 Å². The molecule has 24 heavy (non-hydrogen) atoms. The van der Waals surface area contributed by atoms with E-state index in [1.165, 1.54) is 13.0 Å². The van der Waals surface area contributed by atoms with Gasteiger partial charge in [-0.15, -0.1) is 0 Å². The molecule has 0 fully saturated rings. The van der Waals surface area contributed by atoms with Crippen molar-refractivity contribution in [2.75, 3.05) is 0 Å². The second-order valence-corrected chi connectivity index (χ2v) is 5.90. The van der Waals surface area contributed by atoms with Crippen molar-refractivity contribution in [2.24, 2.45) is 0 Å². The number of hydrogen-bond donors (Lipinski definition) is 0. The molecule has 0 saturated carbocycles. The van der Waals surface area contributed by atoms with E-state index in [-0.39, 0.29) is 12.4 Å². The van der Waals surface area contributed by atoms with Crippen LogP contribution in [0.4, 0.5) is 0 Å². The van der Waals surface area contributed by atoms with Gasteiger partial charge in [-0.3, -0.25) is 4.79 Å². The lowest BCUT2D eigenvalue weighted by Gasteiger charge is -2.10. The van der Waals surface area contributed by atoms with Crippen LogP contribution in [0.25, 0.3) is 11.0 Å². The molecule has 0 N–H and O–H groups in total. The summed E-state index contributed by atoms with van der Waals surface area (Å²) in [4.78, 5) is 23.2. The van der Waals surface area contributed by atoms with Crippen LogP contribution in [0.3, 0.4) is 0 Å². The van der Waals surface area contributed by atoms with E-state index in [1.54, 1.807) is 24.3 Å². The van der Waals surface area contributed by atoms with Crippen LogP contribution in [-0.2, 0) is 6.61 Å². The summed E-state index contributed by atoms with van der Waals surface area (Å²) in [6.07, 6.45) is 0. The predicted molar refractivity (Wildman–Crippen MR) is 92.7 cm³/mol. The highest BCUT2D eigenvalue weighted by molar-refractivity contribution is 5.94. The SMILES string of the molecule is CC(=O)c1cccc(OCc2cc(=O)oc3cc(C)c(C)cc23)c1. The van der Waals surface area contributed by atoms with Gasteiger partial charge in [-0.05, 0) is 56.2 Å². The Balaban J connectivity index is 1.95. The summed E-state index contributed by atoms with van der Waals surface area (Å²) < 4.78 is 11.1. The van der Waals surface area contributed by atoms with Gasteiger partial charge in [0.05, 0.1) is 0 Å². The fourth-order valence-corrected chi connectivity index (χ4v) is 2.57. The Hall–Kier alpha value is -2.88. The molecule has 0 radical (unpaired) electrons. The Morgan fingerprint density at radius 2 is 1.83 bits per heavy atom. The molecule has 4 nitrogen and oxygen atoms in total. The van der Waals surface area contributed by atoms with Crippen molar-refractivity contribution < 1.29 is 13.9 Å². The number of hydrogen-bond acceptors (Lipinski definition) is 4. The number of rotatable bonds is 4. The number of carbonyl (C=O) groups is 1. The summed E-state index contributed by atoms with van der Waals surface area (Å²) in [6.45, 7) is 5.73. The normalized spacial score (nSPS) is 10.8. The summed E-state index contributed by atoms with van der Waals surface area (Å²) in [7, 11) is 0. The van der Waals surface area contributed by atoms with Crippen LogP contribution in [0, 0.1) is 13.8 Å². The Morgan fingerprint density at radius 1 is 1.08 bits per heavy atom. The lowest BCUT2D eigenvalue weighted by Crippen LogP contribution is -2.05. The van der Waals surface area contributed by atoms with Gasteiger partial charge in [0.2, 0.25) is 0 Å². The topological polar surface area (TPSA) is 56.5 Å². The molecule has 0 bridgehead atoms. The molecule has 2 aromatic carbocycles. The summed E-state index contributed by atoms with van der Waals surface area (Å²) >= 11 is 0. The van der Waals surface area contributed by atoms with Crippen molar-refractivity contribution in [1.29, 1.82) is 0 Å². The zero-order chi connectivity index (χ0) is 17.3. The number of ether oxygens (including phenoxy) is 1. The third-order valence-electron chi connectivity index (χ3n) is 4.08. The number of carbonyl (C=O) groups excluding carboxylic acids is 1. The highest BCUT2D eigenvalue weighted by Crippen LogP contribution is 2.23. The molecule has 4 heteroatoms. The highest BCUT2D eigenvalue weighted by Gasteiger charge is 2.09. The van der Waals surface area contributed by atoms with Gasteiger partial charge in [0.1, 0.15) is 17.9 Å². The van der Waals surface area contributed by atoms with E-state index in [4.69, 9.17) is 9.15 Å². The monoisotopic (exact) mass is 322 g/mol. The van der Waals surface area contributed by atoms with Crippen LogP contribution in [0.1, 0.15) is 34.0 Å². The van der Waals surface area contributed by atoms with Crippen molar-refractivity contribution in [3.05, 3.63) is 75.1 Å². The van der Waals surface area contributed by atoms with Gasteiger partial charge in [0.15, 0.2) is 5.78 Å². The first-order valence-corrected chi connectivity index (χ1v) is 7.72. The smallest absolute Gasteiger partial charge is 0.336 e. The standard InChI is InChI=1S/C20H18O4/c1-12-7-18-16(10-20(22)24-19(18)8-13(12)2)11-23-17-6-4-5-15(9-17)14(3)21/h4-10H,11H2,1-3H3. The molecule has 3 rings (SSSR count). The summed E-state index contributed by atoms with van der Waals surface area (Å²) in [5, 5.41) is 0.862. The van der Waals surface area contributed by atoms with E-state index in [2.05, 4.69) is 0 Å². The van der Waals surface area contributed by atoms with Crippen molar-refractivity contribution in [3.63, 3.8) is 0 Å². The van der Waals surface area contributed by atoms with Crippen LogP contribution in [0.5, 0.6) is 5.75 Å². The highest BCUT2D eigenvalue weighted by atomic mass is 16.5. The predicted octanol–water partition coefficient (Wildman–Crippen LogP) is 4.19. The van der Waals surface area contributed by atoms with Crippen molar-refractivity contribution in [1.82, 2.24) is 0 Å². The van der Waals surface area contributed by atoms with E-state index in [9.17, 15) is 9.59 Å². The Bertz CT molecular complexity index is 983. The quantitative estimate of drug-likeness (QED) is 0.534. The molecular weight excluding hydrogens is 304 g/mol. The van der Waals surface area contributed by atoms with Crippen LogP contribution in [0.2, 0.25) is 0 Å². The van der Waals surface area contributed by atoms with Crippen molar-refractivity contribution >= 4 is 16.8 Å². The average molecular weight is 322 g/mol. The largest absolute Gasteiger partial charge is 0.489 e. The van der Waals surface area contributed by atoms with Gasteiger partial charge >= 0.3 is 5.63 Å². The third-order valence-corrected chi connectivity index (χ3v) is 4.08. The molecule has 0 saturated heterocycles. The molecule has 0 aliphatic carbocycles. The Kier molecular flexibility index (Phi) is 4.21. The zero-order valence-electron chi connectivity index (χ0n) is 13.9. The van der Waals surface area contributed by atoms with Gasteiger partial charge in [-0.2, -0.15) is 0 Å². The maximum absolute atomic E-state index is 11.8. The van der Waals surface area contributed by atoms with Gasteiger partial charge in [-0.1, -0.05) is 12.1 Å². The average Bonchev–Trinajstić information content (AvgIpc) is 2.54. The number of fused-ring (bicyclic) bond motifs is 1. The minimum Gasteiger partial charge on any atom is -0.489 e. The molecule has 1 heterocycles. The van der Waals surface area contributed by atoms with Crippen LogP contribution in [0.15, 0.2) is 51.7 Å². The van der Waals surface area contributed by atoms with E-state index in [0.717, 1.165) is 22.1 Å². The van der Waals surface area contributed by atoms with Crippen molar-refractivity contribution in [3.8, 4) is 5.75 Å². The first-order valence-electron chi connectivity index (χ1n) is 7.72. The fourth-order valence-electron chi connectivity index (χ4n) is 2.57. The molecular formula is C20H18O4. The summed E-state index contributed by atoms with van der Waals surface area (Å²) in [6, 6.07) is 12.3. The number of benzene rings is 2. The second-order valence-electron chi connectivity index (χ2n) is 5.90. The molecule has 0 unspecified atom stereocenters. The molecule has 1 aromatic heterocycles. The molecule has 122 valence electrons. The first kappa shape index (κ1) is 16.0. The van der Waals surface area contributed by atoms with Crippen LogP contribution >= 0.6 is 0 Å². The van der Waals surface area contributed by atoms with Crippen LogP contribution in [-0.4, -0.2) is 5.78 Å². The fraction of sp³-hybridized carbons (Fsp3) is 0.200. The molecule has 0 spiro atoms. The van der Waals surface area contributed by atoms with Gasteiger partial charge < -0.3 is 9.15 Å². The van der Waals surface area contributed by atoms with Gasteiger partial charge in [0.25, 0.3) is 0 Å². The van der Waals surface area contributed by atoms with E-state index < -0.39 is 5.63 Å². The van der Waals surface area contributed by atoms with Crippen molar-refractivity contribution in [2.45, 2.75) is 27.4 Å². The van der Waals surface area contributed by atoms with Gasteiger partial charge in [0, 0.05) is 22.6 Å². The molecule has 3 aromatic rings. The number of ketones is 1. The molecule has 0 amide bonds. The third kappa shape index (κ3) is 3.23. The molecule has 0 aliphatic heterocycles. The maximum atomic E-state index is 11.8. The van der Waals surface area contributed by atoms with Crippen LogP contribution < -0.4 is 10.4 Å². The zero-order valence-corrected chi connectivity index (χ0v) is 13.9. The Morgan fingerprint density at radius 3 is 2.58 bits per heavy atom. The molecule has 0 atom stereocenters.